The van der Waals surface area contributed by atoms with E-state index in [9.17, 15) is 4.79 Å². The van der Waals surface area contributed by atoms with Crippen molar-refractivity contribution in [2.75, 3.05) is 11.1 Å². The Morgan fingerprint density at radius 2 is 1.87 bits per heavy atom. The van der Waals surface area contributed by atoms with Gasteiger partial charge in [-0.2, -0.15) is 0 Å². The molecule has 0 aliphatic heterocycles. The fourth-order valence-corrected chi connectivity index (χ4v) is 3.25. The number of amides is 1. The summed E-state index contributed by atoms with van der Waals surface area (Å²) in [6.07, 6.45) is 1.56. The van der Waals surface area contributed by atoms with Crippen molar-refractivity contribution in [2.24, 2.45) is 0 Å². The first-order valence-corrected chi connectivity index (χ1v) is 10.2. The van der Waals surface area contributed by atoms with Gasteiger partial charge in [0.05, 0.1) is 23.3 Å². The third kappa shape index (κ3) is 4.72. The lowest BCUT2D eigenvalue weighted by Crippen LogP contribution is -2.14. The van der Waals surface area contributed by atoms with Crippen LogP contribution in [0.5, 0.6) is 11.5 Å². The molecule has 2 aromatic heterocycles. The molecule has 30 heavy (non-hydrogen) atoms. The number of anilines is 1. The fourth-order valence-electron chi connectivity index (χ4n) is 2.69. The Morgan fingerprint density at radius 3 is 2.63 bits per heavy atom. The monoisotopic (exact) mass is 421 g/mol. The minimum absolute atomic E-state index is 0.116. The number of rotatable bonds is 7. The quantitative estimate of drug-likeness (QED) is 0.396. The Bertz CT molecular complexity index is 1150. The molecule has 7 nitrogen and oxygen atoms in total. The van der Waals surface area contributed by atoms with Gasteiger partial charge in [0, 0.05) is 0 Å². The number of hydrogen-bond donors (Lipinski definition) is 1. The van der Waals surface area contributed by atoms with Crippen LogP contribution in [-0.4, -0.2) is 21.9 Å². The van der Waals surface area contributed by atoms with Gasteiger partial charge in [-0.15, -0.1) is 10.2 Å². The van der Waals surface area contributed by atoms with Crippen molar-refractivity contribution in [3.05, 3.63) is 72.2 Å². The highest BCUT2D eigenvalue weighted by Gasteiger charge is 2.15. The van der Waals surface area contributed by atoms with E-state index >= 15 is 0 Å². The van der Waals surface area contributed by atoms with Crippen LogP contribution in [0.4, 0.5) is 5.69 Å². The van der Waals surface area contributed by atoms with Crippen LogP contribution in [0, 0.1) is 13.8 Å². The molecule has 0 unspecified atom stereocenters. The zero-order valence-electron chi connectivity index (χ0n) is 16.4. The standard InChI is InChI=1S/C22H19N3O4S/c1-14-7-9-16(10-8-14)28-19-6-4-3-5-18(19)23-20(26)13-30-22-25-24-21(29-22)17-11-12-27-15(17)2/h3-12H,13H2,1-2H3,(H,23,26). The first-order valence-electron chi connectivity index (χ1n) is 9.22. The molecule has 2 heterocycles. The molecular weight excluding hydrogens is 402 g/mol. The normalized spacial score (nSPS) is 10.7. The van der Waals surface area contributed by atoms with E-state index < -0.39 is 0 Å². The predicted molar refractivity (Wildman–Crippen MR) is 114 cm³/mol. The molecule has 0 fully saturated rings. The Balaban J connectivity index is 1.37. The minimum Gasteiger partial charge on any atom is -0.469 e. The number of carbonyl (C=O) groups excluding carboxylic acids is 1. The third-order valence-electron chi connectivity index (χ3n) is 4.23. The van der Waals surface area contributed by atoms with Gasteiger partial charge in [0.15, 0.2) is 5.75 Å². The van der Waals surface area contributed by atoms with Gasteiger partial charge in [-0.1, -0.05) is 41.6 Å². The van der Waals surface area contributed by atoms with Gasteiger partial charge in [-0.3, -0.25) is 4.79 Å². The third-order valence-corrected chi connectivity index (χ3v) is 5.05. The summed E-state index contributed by atoms with van der Waals surface area (Å²) in [7, 11) is 0. The molecule has 0 bridgehead atoms. The molecule has 0 saturated carbocycles. The number of para-hydroxylation sites is 2. The summed E-state index contributed by atoms with van der Waals surface area (Å²) in [4.78, 5) is 12.4. The summed E-state index contributed by atoms with van der Waals surface area (Å²) < 4.78 is 16.8. The molecule has 0 saturated heterocycles. The highest BCUT2D eigenvalue weighted by molar-refractivity contribution is 7.99. The highest BCUT2D eigenvalue weighted by atomic mass is 32.2. The zero-order chi connectivity index (χ0) is 20.9. The van der Waals surface area contributed by atoms with E-state index in [1.54, 1.807) is 24.5 Å². The maximum Gasteiger partial charge on any atom is 0.277 e. The maximum atomic E-state index is 12.4. The number of hydrogen-bond acceptors (Lipinski definition) is 7. The predicted octanol–water partition coefficient (Wildman–Crippen LogP) is 5.47. The van der Waals surface area contributed by atoms with Gasteiger partial charge in [0.1, 0.15) is 11.5 Å². The topological polar surface area (TPSA) is 90.4 Å². The van der Waals surface area contributed by atoms with Gasteiger partial charge in [0.2, 0.25) is 5.91 Å². The van der Waals surface area contributed by atoms with Gasteiger partial charge in [-0.05, 0) is 44.2 Å². The number of nitrogens with one attached hydrogen (secondary N) is 1. The molecule has 2 aromatic carbocycles. The largest absolute Gasteiger partial charge is 0.469 e. The van der Waals surface area contributed by atoms with Crippen molar-refractivity contribution < 1.29 is 18.4 Å². The number of ether oxygens (including phenoxy) is 1. The number of thioether (sulfide) groups is 1. The summed E-state index contributed by atoms with van der Waals surface area (Å²) in [5, 5.41) is 11.1. The second-order valence-electron chi connectivity index (χ2n) is 6.51. The Kier molecular flexibility index (Phi) is 5.85. The van der Waals surface area contributed by atoms with E-state index in [4.69, 9.17) is 13.6 Å². The summed E-state index contributed by atoms with van der Waals surface area (Å²) in [6.45, 7) is 3.83. The number of carbonyl (C=O) groups is 1. The SMILES string of the molecule is Cc1ccc(Oc2ccccc2NC(=O)CSc2nnc(-c3ccoc3C)o2)cc1. The molecule has 4 aromatic rings. The van der Waals surface area contributed by atoms with Crippen LogP contribution < -0.4 is 10.1 Å². The van der Waals surface area contributed by atoms with Crippen molar-refractivity contribution in [3.63, 3.8) is 0 Å². The molecule has 0 radical (unpaired) electrons. The number of aryl methyl sites for hydroxylation is 2. The smallest absolute Gasteiger partial charge is 0.277 e. The van der Waals surface area contributed by atoms with E-state index in [0.717, 1.165) is 22.9 Å². The number of nitrogens with zero attached hydrogens (tertiary/aromatic N) is 2. The van der Waals surface area contributed by atoms with E-state index in [2.05, 4.69) is 15.5 Å². The van der Waals surface area contributed by atoms with Crippen molar-refractivity contribution >= 4 is 23.4 Å². The van der Waals surface area contributed by atoms with E-state index in [1.807, 2.05) is 50.2 Å². The molecule has 1 amide bonds. The molecule has 0 spiro atoms. The van der Waals surface area contributed by atoms with E-state index in [-0.39, 0.29) is 11.7 Å². The van der Waals surface area contributed by atoms with Crippen LogP contribution in [0.1, 0.15) is 11.3 Å². The van der Waals surface area contributed by atoms with Crippen molar-refractivity contribution in [1.29, 1.82) is 0 Å². The first-order chi connectivity index (χ1) is 14.6. The summed E-state index contributed by atoms with van der Waals surface area (Å²) in [6, 6.07) is 16.8. The van der Waals surface area contributed by atoms with Crippen LogP contribution in [0.15, 0.2) is 74.9 Å². The van der Waals surface area contributed by atoms with Gasteiger partial charge in [-0.25, -0.2) is 0 Å². The summed E-state index contributed by atoms with van der Waals surface area (Å²) in [5.41, 5.74) is 2.47. The van der Waals surface area contributed by atoms with Gasteiger partial charge >= 0.3 is 0 Å². The lowest BCUT2D eigenvalue weighted by atomic mass is 10.2. The van der Waals surface area contributed by atoms with Gasteiger partial charge < -0.3 is 18.9 Å². The molecule has 4 rings (SSSR count). The number of aromatic nitrogens is 2. The lowest BCUT2D eigenvalue weighted by molar-refractivity contribution is -0.113. The Labute approximate surface area is 177 Å². The minimum atomic E-state index is -0.209. The lowest BCUT2D eigenvalue weighted by Gasteiger charge is -2.12. The first kappa shape index (κ1) is 19.8. The fraction of sp³-hybridized carbons (Fsp3) is 0.136. The van der Waals surface area contributed by atoms with Crippen LogP contribution >= 0.6 is 11.8 Å². The molecule has 1 N–H and O–H groups in total. The second-order valence-corrected chi connectivity index (χ2v) is 7.44. The number of furan rings is 1. The van der Waals surface area contributed by atoms with Crippen molar-refractivity contribution in [2.45, 2.75) is 19.1 Å². The van der Waals surface area contributed by atoms with Crippen LogP contribution in [0.3, 0.4) is 0 Å². The molecule has 0 aliphatic rings. The van der Waals surface area contributed by atoms with Crippen LogP contribution in [0.2, 0.25) is 0 Å². The van der Waals surface area contributed by atoms with Crippen LogP contribution in [0.25, 0.3) is 11.5 Å². The summed E-state index contributed by atoms with van der Waals surface area (Å²) in [5.74, 6) is 2.23. The molecular formula is C22H19N3O4S. The number of benzene rings is 2. The zero-order valence-corrected chi connectivity index (χ0v) is 17.2. The van der Waals surface area contributed by atoms with Crippen molar-refractivity contribution in [1.82, 2.24) is 10.2 Å². The van der Waals surface area contributed by atoms with E-state index in [0.29, 0.717) is 34.1 Å². The van der Waals surface area contributed by atoms with Gasteiger partial charge in [0.25, 0.3) is 11.1 Å². The molecule has 8 heteroatoms. The van der Waals surface area contributed by atoms with Crippen LogP contribution in [-0.2, 0) is 4.79 Å². The van der Waals surface area contributed by atoms with Crippen molar-refractivity contribution in [3.8, 4) is 23.0 Å². The average Bonchev–Trinajstić information content (AvgIpc) is 3.38. The maximum absolute atomic E-state index is 12.4. The Hall–Kier alpha value is -3.52. The summed E-state index contributed by atoms with van der Waals surface area (Å²) >= 11 is 1.16. The van der Waals surface area contributed by atoms with E-state index in [1.165, 1.54) is 0 Å². The Morgan fingerprint density at radius 1 is 1.07 bits per heavy atom. The average molecular weight is 421 g/mol. The second kappa shape index (κ2) is 8.87. The molecule has 0 aliphatic carbocycles. The highest BCUT2D eigenvalue weighted by Crippen LogP contribution is 2.30. The molecule has 152 valence electrons. The molecule has 0 atom stereocenters.